The number of aryl methyl sites for hydroxylation is 2. The second kappa shape index (κ2) is 7.25. The van der Waals surface area contributed by atoms with E-state index in [1.807, 2.05) is 36.4 Å². The molecule has 0 aliphatic rings. The lowest BCUT2D eigenvalue weighted by molar-refractivity contribution is -0.116. The van der Waals surface area contributed by atoms with Crippen LogP contribution in [0.3, 0.4) is 0 Å². The van der Waals surface area contributed by atoms with Gasteiger partial charge in [-0.05, 0) is 42.2 Å². The summed E-state index contributed by atoms with van der Waals surface area (Å²) >= 11 is 0. The van der Waals surface area contributed by atoms with Crippen molar-refractivity contribution in [3.8, 4) is 6.07 Å². The van der Waals surface area contributed by atoms with Crippen LogP contribution in [0.5, 0.6) is 0 Å². The van der Waals surface area contributed by atoms with Gasteiger partial charge in [-0.1, -0.05) is 36.4 Å². The van der Waals surface area contributed by atoms with Crippen LogP contribution in [0, 0.1) is 18.3 Å². The van der Waals surface area contributed by atoms with Gasteiger partial charge in [0.05, 0.1) is 12.5 Å². The van der Waals surface area contributed by atoms with Gasteiger partial charge in [0.25, 0.3) is 0 Å². The molecule has 0 heterocycles. The number of nitriles is 1. The van der Waals surface area contributed by atoms with Gasteiger partial charge in [0.2, 0.25) is 5.91 Å². The average molecular weight is 278 g/mol. The lowest BCUT2D eigenvalue weighted by atomic mass is 10.0. The Morgan fingerprint density at radius 3 is 2.52 bits per heavy atom. The van der Waals surface area contributed by atoms with E-state index in [9.17, 15) is 4.79 Å². The van der Waals surface area contributed by atoms with Gasteiger partial charge in [-0.3, -0.25) is 4.79 Å². The Morgan fingerprint density at radius 1 is 1.14 bits per heavy atom. The molecule has 0 fully saturated rings. The fourth-order valence-corrected chi connectivity index (χ4v) is 2.16. The molecule has 106 valence electrons. The van der Waals surface area contributed by atoms with Crippen LogP contribution in [-0.2, 0) is 17.6 Å². The summed E-state index contributed by atoms with van der Waals surface area (Å²) in [6.07, 6.45) is 1.59. The third-order valence-electron chi connectivity index (χ3n) is 3.40. The van der Waals surface area contributed by atoms with Crippen LogP contribution in [-0.4, -0.2) is 5.91 Å². The highest BCUT2D eigenvalue weighted by atomic mass is 16.1. The maximum Gasteiger partial charge on any atom is 0.224 e. The van der Waals surface area contributed by atoms with E-state index in [0.29, 0.717) is 12.8 Å². The Labute approximate surface area is 125 Å². The SMILES string of the molecule is Cc1ccccc1CCC(=O)Nc1ccc(CC#N)cc1. The lowest BCUT2D eigenvalue weighted by Crippen LogP contribution is -2.12. The average Bonchev–Trinajstić information content (AvgIpc) is 2.49. The first-order valence-corrected chi connectivity index (χ1v) is 6.99. The van der Waals surface area contributed by atoms with E-state index in [2.05, 4.69) is 30.4 Å². The Bertz CT molecular complexity index is 654. The molecule has 0 radical (unpaired) electrons. The first-order chi connectivity index (χ1) is 10.2. The summed E-state index contributed by atoms with van der Waals surface area (Å²) in [5.41, 5.74) is 4.14. The van der Waals surface area contributed by atoms with Crippen molar-refractivity contribution in [2.45, 2.75) is 26.2 Å². The second-order valence-corrected chi connectivity index (χ2v) is 5.01. The van der Waals surface area contributed by atoms with Crippen molar-refractivity contribution in [1.29, 1.82) is 5.26 Å². The molecule has 0 bridgehead atoms. The largest absolute Gasteiger partial charge is 0.326 e. The van der Waals surface area contributed by atoms with Crippen molar-refractivity contribution in [2.24, 2.45) is 0 Å². The van der Waals surface area contributed by atoms with Crippen LogP contribution in [0.4, 0.5) is 5.69 Å². The fourth-order valence-electron chi connectivity index (χ4n) is 2.16. The number of anilines is 1. The van der Waals surface area contributed by atoms with Crippen molar-refractivity contribution in [2.75, 3.05) is 5.32 Å². The van der Waals surface area contributed by atoms with E-state index in [4.69, 9.17) is 5.26 Å². The van der Waals surface area contributed by atoms with Gasteiger partial charge < -0.3 is 5.32 Å². The van der Waals surface area contributed by atoms with Crippen LogP contribution in [0.25, 0.3) is 0 Å². The van der Waals surface area contributed by atoms with Gasteiger partial charge >= 0.3 is 0 Å². The molecule has 0 unspecified atom stereocenters. The van der Waals surface area contributed by atoms with Gasteiger partial charge in [0, 0.05) is 12.1 Å². The third-order valence-corrected chi connectivity index (χ3v) is 3.40. The molecule has 21 heavy (non-hydrogen) atoms. The fraction of sp³-hybridized carbons (Fsp3) is 0.222. The topological polar surface area (TPSA) is 52.9 Å². The summed E-state index contributed by atoms with van der Waals surface area (Å²) in [7, 11) is 0. The van der Waals surface area contributed by atoms with Crippen molar-refractivity contribution in [3.63, 3.8) is 0 Å². The standard InChI is InChI=1S/C18H18N2O/c1-14-4-2-3-5-16(14)8-11-18(21)20-17-9-6-15(7-10-17)12-13-19/h2-7,9-10H,8,11-12H2,1H3,(H,20,21). The maximum absolute atomic E-state index is 11.9. The smallest absolute Gasteiger partial charge is 0.224 e. The quantitative estimate of drug-likeness (QED) is 0.908. The molecule has 3 heteroatoms. The van der Waals surface area contributed by atoms with Gasteiger partial charge in [-0.25, -0.2) is 0 Å². The van der Waals surface area contributed by atoms with E-state index in [-0.39, 0.29) is 5.91 Å². The van der Waals surface area contributed by atoms with Crippen molar-refractivity contribution >= 4 is 11.6 Å². The minimum atomic E-state index is 0.00582. The first-order valence-electron chi connectivity index (χ1n) is 6.99. The summed E-state index contributed by atoms with van der Waals surface area (Å²) in [6, 6.07) is 17.6. The maximum atomic E-state index is 11.9. The van der Waals surface area contributed by atoms with Crippen LogP contribution in [0.2, 0.25) is 0 Å². The predicted molar refractivity (Wildman–Crippen MR) is 83.9 cm³/mol. The van der Waals surface area contributed by atoms with E-state index in [1.165, 1.54) is 11.1 Å². The highest BCUT2D eigenvalue weighted by Crippen LogP contribution is 2.12. The monoisotopic (exact) mass is 278 g/mol. The van der Waals surface area contributed by atoms with Gasteiger partial charge in [0.1, 0.15) is 0 Å². The summed E-state index contributed by atoms with van der Waals surface area (Å²) in [6.45, 7) is 2.06. The number of nitrogens with zero attached hydrogens (tertiary/aromatic N) is 1. The molecule has 0 aromatic heterocycles. The zero-order valence-electron chi connectivity index (χ0n) is 12.1. The molecule has 1 N–H and O–H groups in total. The molecular formula is C18H18N2O. The van der Waals surface area contributed by atoms with Crippen LogP contribution < -0.4 is 5.32 Å². The van der Waals surface area contributed by atoms with E-state index >= 15 is 0 Å². The lowest BCUT2D eigenvalue weighted by Gasteiger charge is -2.07. The first kappa shape index (κ1) is 14.8. The van der Waals surface area contributed by atoms with E-state index in [0.717, 1.165) is 17.7 Å². The number of nitrogens with one attached hydrogen (secondary N) is 1. The minimum Gasteiger partial charge on any atom is -0.326 e. The van der Waals surface area contributed by atoms with Crippen LogP contribution in [0.1, 0.15) is 23.1 Å². The summed E-state index contributed by atoms with van der Waals surface area (Å²) < 4.78 is 0. The van der Waals surface area contributed by atoms with E-state index in [1.54, 1.807) is 0 Å². The molecule has 0 spiro atoms. The number of amides is 1. The van der Waals surface area contributed by atoms with Gasteiger partial charge in [-0.15, -0.1) is 0 Å². The Hall–Kier alpha value is -2.60. The number of carbonyl (C=O) groups is 1. The molecule has 0 saturated carbocycles. The number of benzene rings is 2. The number of hydrogen-bond donors (Lipinski definition) is 1. The number of rotatable bonds is 5. The zero-order chi connectivity index (χ0) is 15.1. The molecule has 0 atom stereocenters. The summed E-state index contributed by atoms with van der Waals surface area (Å²) in [5.74, 6) is 0.00582. The highest BCUT2D eigenvalue weighted by Gasteiger charge is 2.04. The van der Waals surface area contributed by atoms with Gasteiger partial charge in [0.15, 0.2) is 0 Å². The van der Waals surface area contributed by atoms with E-state index < -0.39 is 0 Å². The molecule has 2 aromatic carbocycles. The minimum absolute atomic E-state index is 0.00582. The number of hydrogen-bond acceptors (Lipinski definition) is 2. The van der Waals surface area contributed by atoms with Crippen molar-refractivity contribution in [1.82, 2.24) is 0 Å². The predicted octanol–water partition coefficient (Wildman–Crippen LogP) is 3.63. The Kier molecular flexibility index (Phi) is 5.11. The molecule has 1 amide bonds. The zero-order valence-corrected chi connectivity index (χ0v) is 12.1. The molecule has 3 nitrogen and oxygen atoms in total. The highest BCUT2D eigenvalue weighted by molar-refractivity contribution is 5.90. The van der Waals surface area contributed by atoms with Crippen LogP contribution in [0.15, 0.2) is 48.5 Å². The summed E-state index contributed by atoms with van der Waals surface area (Å²) in [5, 5.41) is 11.5. The molecule has 2 aromatic rings. The third kappa shape index (κ3) is 4.47. The Balaban J connectivity index is 1.87. The van der Waals surface area contributed by atoms with Crippen molar-refractivity contribution in [3.05, 3.63) is 65.2 Å². The molecular weight excluding hydrogens is 260 g/mol. The van der Waals surface area contributed by atoms with Gasteiger partial charge in [-0.2, -0.15) is 5.26 Å². The second-order valence-electron chi connectivity index (χ2n) is 5.01. The normalized spacial score (nSPS) is 9.90. The Morgan fingerprint density at radius 2 is 1.86 bits per heavy atom. The molecule has 0 aliphatic heterocycles. The summed E-state index contributed by atoms with van der Waals surface area (Å²) in [4.78, 5) is 11.9. The van der Waals surface area contributed by atoms with Crippen LogP contribution >= 0.6 is 0 Å². The number of carbonyl (C=O) groups excluding carboxylic acids is 1. The molecule has 0 aliphatic carbocycles. The van der Waals surface area contributed by atoms with Crippen molar-refractivity contribution < 1.29 is 4.79 Å². The molecule has 2 rings (SSSR count). The molecule has 0 saturated heterocycles.